The van der Waals surface area contributed by atoms with Crippen LogP contribution in [0, 0.1) is 17.0 Å². The highest BCUT2D eigenvalue weighted by Gasteiger charge is 2.19. The van der Waals surface area contributed by atoms with E-state index in [0.717, 1.165) is 16.7 Å². The van der Waals surface area contributed by atoms with E-state index in [1.54, 1.807) is 13.0 Å². The Hall–Kier alpha value is -3.51. The highest BCUT2D eigenvalue weighted by molar-refractivity contribution is 5.92. The number of non-ortho nitro benzene ring substituents is 1. The van der Waals surface area contributed by atoms with E-state index in [2.05, 4.69) is 5.32 Å². The summed E-state index contributed by atoms with van der Waals surface area (Å²) in [6, 6.07) is 24.4. The van der Waals surface area contributed by atoms with Crippen molar-refractivity contribution in [3.8, 4) is 0 Å². The van der Waals surface area contributed by atoms with Crippen LogP contribution in [0.1, 0.15) is 22.7 Å². The average Bonchev–Trinajstić information content (AvgIpc) is 2.71. The topological polar surface area (TPSA) is 88.9 Å². The molecule has 3 rings (SSSR count). The molecule has 0 aromatic heterocycles. The number of amides is 1. The Bertz CT molecular complexity index is 920. The van der Waals surface area contributed by atoms with Gasteiger partial charge >= 0.3 is 0 Å². The van der Waals surface area contributed by atoms with Crippen molar-refractivity contribution in [2.75, 3.05) is 11.9 Å². The first kappa shape index (κ1) is 19.3. The number of aryl methyl sites for hydroxylation is 1. The van der Waals surface area contributed by atoms with Crippen LogP contribution in [-0.2, 0) is 4.79 Å². The van der Waals surface area contributed by atoms with Gasteiger partial charge in [0.15, 0.2) is 6.54 Å². The lowest BCUT2D eigenvalue weighted by Gasteiger charge is -2.16. The first-order valence-electron chi connectivity index (χ1n) is 9.02. The monoisotopic (exact) mass is 376 g/mol. The van der Waals surface area contributed by atoms with Crippen LogP contribution in [0.4, 0.5) is 11.4 Å². The molecule has 0 spiro atoms. The van der Waals surface area contributed by atoms with Gasteiger partial charge in [-0.05, 0) is 12.5 Å². The molecule has 0 atom stereocenters. The SMILES string of the molecule is Cc1ccc([N+](=O)[O-])cc1NC(=O)C[NH2+]C(c1ccccc1)c1ccccc1. The van der Waals surface area contributed by atoms with Gasteiger partial charge in [-0.15, -0.1) is 0 Å². The molecular weight excluding hydrogens is 354 g/mol. The number of anilines is 1. The van der Waals surface area contributed by atoms with Gasteiger partial charge in [-0.25, -0.2) is 0 Å². The molecule has 0 heterocycles. The maximum Gasteiger partial charge on any atom is 0.279 e. The fraction of sp³-hybridized carbons (Fsp3) is 0.136. The van der Waals surface area contributed by atoms with E-state index in [1.807, 2.05) is 66.0 Å². The standard InChI is InChI=1S/C22H21N3O3/c1-16-12-13-19(25(27)28)14-20(16)24-21(26)15-23-22(17-8-4-2-5-9-17)18-10-6-3-7-11-18/h2-14,22-23H,15H2,1H3,(H,24,26)/p+1. The van der Waals surface area contributed by atoms with Crippen LogP contribution >= 0.6 is 0 Å². The van der Waals surface area contributed by atoms with Gasteiger partial charge in [0.05, 0.1) is 10.6 Å². The van der Waals surface area contributed by atoms with Crippen LogP contribution in [0.5, 0.6) is 0 Å². The van der Waals surface area contributed by atoms with Crippen molar-refractivity contribution in [1.29, 1.82) is 0 Å². The van der Waals surface area contributed by atoms with E-state index in [-0.39, 0.29) is 24.2 Å². The molecule has 0 aliphatic carbocycles. The summed E-state index contributed by atoms with van der Waals surface area (Å²) < 4.78 is 0. The summed E-state index contributed by atoms with van der Waals surface area (Å²) in [5.41, 5.74) is 3.41. The number of nitrogens with two attached hydrogens (primary N) is 1. The van der Waals surface area contributed by atoms with E-state index in [9.17, 15) is 14.9 Å². The normalized spacial score (nSPS) is 10.6. The second-order valence-corrected chi connectivity index (χ2v) is 6.54. The van der Waals surface area contributed by atoms with Gasteiger partial charge in [-0.1, -0.05) is 66.7 Å². The number of nitrogens with zero attached hydrogens (tertiary/aromatic N) is 1. The molecule has 0 unspecified atom stereocenters. The Balaban J connectivity index is 1.73. The van der Waals surface area contributed by atoms with Crippen molar-refractivity contribution >= 4 is 17.3 Å². The Kier molecular flexibility index (Phi) is 6.14. The third kappa shape index (κ3) is 4.81. The lowest BCUT2D eigenvalue weighted by atomic mass is 9.99. The number of nitro groups is 1. The quantitative estimate of drug-likeness (QED) is 0.490. The number of nitrogens with one attached hydrogen (secondary N) is 1. The van der Waals surface area contributed by atoms with Gasteiger partial charge in [-0.3, -0.25) is 14.9 Å². The zero-order valence-electron chi connectivity index (χ0n) is 15.5. The number of quaternary nitrogens is 1. The third-order valence-corrected chi connectivity index (χ3v) is 4.56. The minimum absolute atomic E-state index is 0.0145. The third-order valence-electron chi connectivity index (χ3n) is 4.56. The Morgan fingerprint density at radius 2 is 1.57 bits per heavy atom. The molecule has 0 bridgehead atoms. The van der Waals surface area contributed by atoms with E-state index in [0.29, 0.717) is 5.69 Å². The maximum atomic E-state index is 12.5. The average molecular weight is 376 g/mol. The number of nitro benzene ring substituents is 1. The minimum Gasteiger partial charge on any atom is -0.328 e. The molecule has 0 fully saturated rings. The molecular formula is C22H22N3O3+. The van der Waals surface area contributed by atoms with Crippen LogP contribution < -0.4 is 10.6 Å². The predicted octanol–water partition coefficient (Wildman–Crippen LogP) is 3.19. The molecule has 3 N–H and O–H groups in total. The Morgan fingerprint density at radius 3 is 2.11 bits per heavy atom. The van der Waals surface area contributed by atoms with Gasteiger partial charge in [-0.2, -0.15) is 0 Å². The van der Waals surface area contributed by atoms with Crippen LogP contribution in [0.25, 0.3) is 0 Å². The number of benzene rings is 3. The van der Waals surface area contributed by atoms with Gasteiger partial charge in [0.1, 0.15) is 6.04 Å². The largest absolute Gasteiger partial charge is 0.328 e. The molecule has 0 aliphatic heterocycles. The highest BCUT2D eigenvalue weighted by atomic mass is 16.6. The Labute approximate surface area is 163 Å². The molecule has 6 nitrogen and oxygen atoms in total. The van der Waals surface area contributed by atoms with E-state index >= 15 is 0 Å². The summed E-state index contributed by atoms with van der Waals surface area (Å²) in [5.74, 6) is -0.208. The molecule has 0 saturated carbocycles. The minimum atomic E-state index is -0.470. The van der Waals surface area contributed by atoms with Crippen molar-refractivity contribution in [2.24, 2.45) is 0 Å². The molecule has 142 valence electrons. The zero-order chi connectivity index (χ0) is 19.9. The molecule has 1 amide bonds. The zero-order valence-corrected chi connectivity index (χ0v) is 15.5. The molecule has 3 aromatic carbocycles. The van der Waals surface area contributed by atoms with E-state index in [1.165, 1.54) is 12.1 Å². The number of hydrogen-bond donors (Lipinski definition) is 2. The highest BCUT2D eigenvalue weighted by Crippen LogP contribution is 2.22. The van der Waals surface area contributed by atoms with Crippen LogP contribution in [0.15, 0.2) is 78.9 Å². The summed E-state index contributed by atoms with van der Waals surface area (Å²) in [5, 5.41) is 15.7. The van der Waals surface area contributed by atoms with Gasteiger partial charge in [0.2, 0.25) is 0 Å². The number of rotatable bonds is 7. The summed E-state index contributed by atoms with van der Waals surface area (Å²) in [6.07, 6.45) is 0. The molecule has 0 saturated heterocycles. The first-order chi connectivity index (χ1) is 13.5. The van der Waals surface area contributed by atoms with Crippen molar-refractivity contribution in [3.05, 3.63) is 106 Å². The smallest absolute Gasteiger partial charge is 0.279 e. The molecule has 28 heavy (non-hydrogen) atoms. The fourth-order valence-corrected chi connectivity index (χ4v) is 3.07. The lowest BCUT2D eigenvalue weighted by molar-refractivity contribution is -0.676. The van der Waals surface area contributed by atoms with Gasteiger partial charge in [0.25, 0.3) is 11.6 Å². The van der Waals surface area contributed by atoms with Crippen molar-refractivity contribution in [3.63, 3.8) is 0 Å². The summed E-state index contributed by atoms with van der Waals surface area (Å²) >= 11 is 0. The lowest BCUT2D eigenvalue weighted by Crippen LogP contribution is -2.87. The number of carbonyl (C=O) groups excluding carboxylic acids is 1. The van der Waals surface area contributed by atoms with E-state index in [4.69, 9.17) is 0 Å². The maximum absolute atomic E-state index is 12.5. The fourth-order valence-electron chi connectivity index (χ4n) is 3.07. The van der Waals surface area contributed by atoms with Crippen molar-refractivity contribution in [1.82, 2.24) is 0 Å². The van der Waals surface area contributed by atoms with Crippen LogP contribution in [-0.4, -0.2) is 17.4 Å². The summed E-state index contributed by atoms with van der Waals surface area (Å²) in [7, 11) is 0. The number of hydrogen-bond acceptors (Lipinski definition) is 3. The Morgan fingerprint density at radius 1 is 1.00 bits per heavy atom. The van der Waals surface area contributed by atoms with Crippen LogP contribution in [0.3, 0.4) is 0 Å². The molecule has 6 heteroatoms. The molecule has 0 aliphatic rings. The summed E-state index contributed by atoms with van der Waals surface area (Å²) in [6.45, 7) is 2.00. The first-order valence-corrected chi connectivity index (χ1v) is 9.02. The van der Waals surface area contributed by atoms with Gasteiger partial charge < -0.3 is 10.6 Å². The molecule has 0 radical (unpaired) electrons. The van der Waals surface area contributed by atoms with Crippen molar-refractivity contribution < 1.29 is 15.0 Å². The molecule has 3 aromatic rings. The number of carbonyl (C=O) groups is 1. The van der Waals surface area contributed by atoms with Crippen molar-refractivity contribution in [2.45, 2.75) is 13.0 Å². The summed E-state index contributed by atoms with van der Waals surface area (Å²) in [4.78, 5) is 23.0. The van der Waals surface area contributed by atoms with Gasteiger partial charge in [0, 0.05) is 23.3 Å². The second kappa shape index (κ2) is 8.92. The van der Waals surface area contributed by atoms with E-state index < -0.39 is 4.92 Å². The predicted molar refractivity (Wildman–Crippen MR) is 108 cm³/mol. The second-order valence-electron chi connectivity index (χ2n) is 6.54. The van der Waals surface area contributed by atoms with Crippen LogP contribution in [0.2, 0.25) is 0 Å².